The molecule has 0 saturated carbocycles. The molecule has 42 heavy (non-hydrogen) atoms. The highest BCUT2D eigenvalue weighted by Gasteiger charge is 2.50. The molecule has 210 valence electrons. The van der Waals surface area contributed by atoms with E-state index in [4.69, 9.17) is 28.4 Å². The molecule has 4 heterocycles. The first-order valence-electron chi connectivity index (χ1n) is 13.8. The van der Waals surface area contributed by atoms with E-state index in [1.54, 1.807) is 38.3 Å². The third-order valence-corrected chi connectivity index (χ3v) is 8.91. The number of ketones is 1. The molecular formula is C34H26O8. The summed E-state index contributed by atoms with van der Waals surface area (Å²) in [5, 5.41) is 0. The van der Waals surface area contributed by atoms with Gasteiger partial charge in [0.05, 0.1) is 23.5 Å². The van der Waals surface area contributed by atoms with E-state index in [0.29, 0.717) is 54.8 Å². The molecule has 4 aromatic rings. The van der Waals surface area contributed by atoms with Crippen LogP contribution in [-0.2, 0) is 10.8 Å². The van der Waals surface area contributed by atoms with Gasteiger partial charge in [0, 0.05) is 27.8 Å². The lowest BCUT2D eigenvalue weighted by Gasteiger charge is -2.21. The quantitative estimate of drug-likeness (QED) is 0.189. The summed E-state index contributed by atoms with van der Waals surface area (Å²) in [6, 6.07) is 22.0. The van der Waals surface area contributed by atoms with E-state index in [1.807, 2.05) is 48.5 Å². The van der Waals surface area contributed by atoms with Gasteiger partial charge in [-0.2, -0.15) is 0 Å². The molecule has 2 spiro atoms. The zero-order chi connectivity index (χ0) is 28.6. The SMILES string of the molecule is COc1ccc2c(c1)C1(CO2)COc2ccc(OC(=O)c3ccc4c(c3)C3(COc5ccc(C(C)=O)cc53)CO4)cc21. The van der Waals surface area contributed by atoms with Crippen molar-refractivity contribution in [3.63, 3.8) is 0 Å². The molecule has 0 radical (unpaired) electrons. The maximum absolute atomic E-state index is 13.5. The topological polar surface area (TPSA) is 89.5 Å². The van der Waals surface area contributed by atoms with Crippen LogP contribution in [0.1, 0.15) is 49.9 Å². The molecule has 4 aliphatic heterocycles. The van der Waals surface area contributed by atoms with Crippen molar-refractivity contribution in [1.82, 2.24) is 0 Å². The van der Waals surface area contributed by atoms with Crippen LogP contribution in [0.5, 0.6) is 34.5 Å². The first kappa shape index (κ1) is 24.8. The molecule has 2 unspecified atom stereocenters. The molecule has 8 rings (SSSR count). The fourth-order valence-electron chi connectivity index (χ4n) is 6.58. The molecule has 2 atom stereocenters. The predicted octanol–water partition coefficient (Wildman–Crippen LogP) is 5.26. The second-order valence-corrected chi connectivity index (χ2v) is 11.2. The Labute approximate surface area is 241 Å². The van der Waals surface area contributed by atoms with E-state index >= 15 is 0 Å². The van der Waals surface area contributed by atoms with Gasteiger partial charge in [-0.3, -0.25) is 4.79 Å². The molecule has 0 bridgehead atoms. The van der Waals surface area contributed by atoms with Gasteiger partial charge in [-0.15, -0.1) is 0 Å². The van der Waals surface area contributed by atoms with Gasteiger partial charge in [-0.25, -0.2) is 4.79 Å². The minimum atomic E-state index is -0.610. The highest BCUT2D eigenvalue weighted by atomic mass is 16.5. The second-order valence-electron chi connectivity index (χ2n) is 11.2. The number of esters is 1. The van der Waals surface area contributed by atoms with Crippen molar-refractivity contribution in [2.24, 2.45) is 0 Å². The normalized spacial score (nSPS) is 21.9. The van der Waals surface area contributed by atoms with E-state index in [0.717, 1.165) is 39.5 Å². The van der Waals surface area contributed by atoms with E-state index in [1.165, 1.54) is 0 Å². The van der Waals surface area contributed by atoms with Crippen LogP contribution in [0.2, 0.25) is 0 Å². The van der Waals surface area contributed by atoms with Gasteiger partial charge >= 0.3 is 5.97 Å². The lowest BCUT2D eigenvalue weighted by Crippen LogP contribution is -2.31. The third kappa shape index (κ3) is 3.41. The first-order valence-corrected chi connectivity index (χ1v) is 13.8. The number of ether oxygens (including phenoxy) is 6. The third-order valence-electron chi connectivity index (χ3n) is 8.91. The van der Waals surface area contributed by atoms with Gasteiger partial charge in [0.25, 0.3) is 0 Å². The van der Waals surface area contributed by atoms with E-state index < -0.39 is 16.8 Å². The Hall–Kier alpha value is -4.98. The first-order chi connectivity index (χ1) is 20.4. The van der Waals surface area contributed by atoms with Crippen LogP contribution in [0, 0.1) is 0 Å². The molecule has 8 heteroatoms. The maximum atomic E-state index is 13.5. The van der Waals surface area contributed by atoms with Crippen LogP contribution < -0.4 is 28.4 Å². The number of carbonyl (C=O) groups excluding carboxylic acids is 2. The standard InChI is InChI=1S/C34H26O8/c1-19(35)20-3-7-28-24(11-20)33(15-38-28)16-39-29-8-4-21(12-25(29)33)32(36)42-23-6-10-31-27(14-23)34(18-41-31)17-40-30-9-5-22(37-2)13-26(30)34/h3-14H,15-18H2,1-2H3. The van der Waals surface area contributed by atoms with Crippen molar-refractivity contribution < 1.29 is 38.0 Å². The number of hydrogen-bond acceptors (Lipinski definition) is 8. The number of fused-ring (bicyclic) bond motifs is 8. The predicted molar refractivity (Wildman–Crippen MR) is 151 cm³/mol. The van der Waals surface area contributed by atoms with Crippen LogP contribution in [-0.4, -0.2) is 45.3 Å². The van der Waals surface area contributed by atoms with E-state index in [-0.39, 0.29) is 5.78 Å². The molecule has 0 aromatic heterocycles. The Bertz CT molecular complexity index is 1820. The number of Topliss-reactive ketones (excluding diaryl/α,β-unsaturated/α-hetero) is 1. The Morgan fingerprint density at radius 2 is 1.02 bits per heavy atom. The van der Waals surface area contributed by atoms with Gasteiger partial charge in [0.2, 0.25) is 0 Å². The summed E-state index contributed by atoms with van der Waals surface area (Å²) in [6.07, 6.45) is 0. The fraction of sp³-hybridized carbons (Fsp3) is 0.235. The maximum Gasteiger partial charge on any atom is 0.343 e. The highest BCUT2D eigenvalue weighted by Crippen LogP contribution is 2.53. The highest BCUT2D eigenvalue weighted by molar-refractivity contribution is 5.95. The molecule has 0 N–H and O–H groups in total. The summed E-state index contributed by atoms with van der Waals surface area (Å²) in [7, 11) is 1.63. The number of benzene rings is 4. The van der Waals surface area contributed by atoms with Crippen LogP contribution >= 0.6 is 0 Å². The summed E-state index contributed by atoms with van der Waals surface area (Å²) in [5.41, 5.74) is 3.48. The lowest BCUT2D eigenvalue weighted by molar-refractivity contribution is 0.0734. The Morgan fingerprint density at radius 1 is 0.595 bits per heavy atom. The largest absolute Gasteiger partial charge is 0.497 e. The molecule has 0 amide bonds. The summed E-state index contributed by atoms with van der Waals surface area (Å²) in [4.78, 5) is 25.6. The van der Waals surface area contributed by atoms with Crippen molar-refractivity contribution in [2.45, 2.75) is 17.8 Å². The molecule has 0 fully saturated rings. The van der Waals surface area contributed by atoms with Crippen LogP contribution in [0.4, 0.5) is 0 Å². The Kier molecular flexibility index (Phi) is 5.17. The number of hydrogen-bond donors (Lipinski definition) is 0. The average Bonchev–Trinajstić information content (AvgIpc) is 3.78. The Balaban J connectivity index is 1.11. The summed E-state index contributed by atoms with van der Waals surface area (Å²) < 4.78 is 35.5. The van der Waals surface area contributed by atoms with Crippen molar-refractivity contribution in [3.05, 3.63) is 106 Å². The fourth-order valence-corrected chi connectivity index (χ4v) is 6.58. The minimum absolute atomic E-state index is 0.0235. The summed E-state index contributed by atoms with van der Waals surface area (Å²) in [6.45, 7) is 3.09. The average molecular weight is 563 g/mol. The van der Waals surface area contributed by atoms with Gasteiger partial charge in [0.15, 0.2) is 5.78 Å². The zero-order valence-corrected chi connectivity index (χ0v) is 23.0. The lowest BCUT2D eigenvalue weighted by atomic mass is 9.77. The van der Waals surface area contributed by atoms with Gasteiger partial charge in [0.1, 0.15) is 60.9 Å². The number of carbonyl (C=O) groups is 2. The Morgan fingerprint density at radius 3 is 1.55 bits per heavy atom. The van der Waals surface area contributed by atoms with Crippen LogP contribution in [0.25, 0.3) is 0 Å². The molecule has 0 aliphatic carbocycles. The number of rotatable bonds is 4. The zero-order valence-electron chi connectivity index (χ0n) is 23.0. The molecule has 0 saturated heterocycles. The summed E-state index contributed by atoms with van der Waals surface area (Å²) >= 11 is 0. The number of methoxy groups -OCH3 is 1. The van der Waals surface area contributed by atoms with E-state index in [2.05, 4.69) is 0 Å². The van der Waals surface area contributed by atoms with Crippen molar-refractivity contribution in [1.29, 1.82) is 0 Å². The minimum Gasteiger partial charge on any atom is -0.497 e. The monoisotopic (exact) mass is 562 g/mol. The van der Waals surface area contributed by atoms with Crippen molar-refractivity contribution >= 4 is 11.8 Å². The molecular weight excluding hydrogens is 536 g/mol. The van der Waals surface area contributed by atoms with Crippen LogP contribution in [0.3, 0.4) is 0 Å². The van der Waals surface area contributed by atoms with Gasteiger partial charge in [-0.05, 0) is 79.7 Å². The van der Waals surface area contributed by atoms with Crippen molar-refractivity contribution in [2.75, 3.05) is 33.5 Å². The van der Waals surface area contributed by atoms with Crippen molar-refractivity contribution in [3.8, 4) is 34.5 Å². The van der Waals surface area contributed by atoms with Gasteiger partial charge in [-0.1, -0.05) is 0 Å². The van der Waals surface area contributed by atoms with Gasteiger partial charge < -0.3 is 28.4 Å². The molecule has 8 nitrogen and oxygen atoms in total. The second kappa shape index (κ2) is 8.76. The van der Waals surface area contributed by atoms with E-state index in [9.17, 15) is 9.59 Å². The summed E-state index contributed by atoms with van der Waals surface area (Å²) in [5.74, 6) is 3.55. The smallest absolute Gasteiger partial charge is 0.343 e. The van der Waals surface area contributed by atoms with Crippen LogP contribution in [0.15, 0.2) is 72.8 Å². The molecule has 4 aromatic carbocycles. The molecule has 4 aliphatic rings.